The molecule has 2 aromatic carbocycles. The number of carbonyl (C=O) groups is 1. The summed E-state index contributed by atoms with van der Waals surface area (Å²) in [4.78, 5) is 11.8. The fourth-order valence-corrected chi connectivity index (χ4v) is 2.18. The molecule has 1 unspecified atom stereocenters. The van der Waals surface area contributed by atoms with Crippen LogP contribution in [0, 0.1) is 5.92 Å². The maximum atomic E-state index is 11.8. The van der Waals surface area contributed by atoms with Gasteiger partial charge in [0.2, 0.25) is 5.91 Å². The predicted octanol–water partition coefficient (Wildman–Crippen LogP) is 3.51. The van der Waals surface area contributed by atoms with Gasteiger partial charge in [0, 0.05) is 13.0 Å². The van der Waals surface area contributed by atoms with E-state index in [1.54, 1.807) is 7.11 Å². The van der Waals surface area contributed by atoms with Crippen LogP contribution in [-0.4, -0.2) is 19.6 Å². The van der Waals surface area contributed by atoms with E-state index in [9.17, 15) is 4.79 Å². The zero-order valence-electron chi connectivity index (χ0n) is 14.5. The second-order valence-corrected chi connectivity index (χ2v) is 5.72. The van der Waals surface area contributed by atoms with Gasteiger partial charge in [0.25, 0.3) is 0 Å². The summed E-state index contributed by atoms with van der Waals surface area (Å²) < 4.78 is 11.1. The van der Waals surface area contributed by atoms with Crippen LogP contribution < -0.4 is 20.5 Å². The Hall–Kier alpha value is -2.24. The van der Waals surface area contributed by atoms with E-state index in [1.165, 1.54) is 0 Å². The van der Waals surface area contributed by atoms with E-state index in [0.717, 1.165) is 5.56 Å². The number of hydrogen-bond acceptors (Lipinski definition) is 4. The van der Waals surface area contributed by atoms with Crippen LogP contribution in [0.1, 0.15) is 18.9 Å². The van der Waals surface area contributed by atoms with Gasteiger partial charge in [-0.15, -0.1) is 12.4 Å². The minimum atomic E-state index is 0. The highest BCUT2D eigenvalue weighted by Crippen LogP contribution is 2.30. The molecule has 1 atom stereocenters. The van der Waals surface area contributed by atoms with Gasteiger partial charge in [-0.1, -0.05) is 31.2 Å². The lowest BCUT2D eigenvalue weighted by atomic mass is 10.1. The van der Waals surface area contributed by atoms with E-state index < -0.39 is 0 Å². The number of rotatable bonds is 8. The van der Waals surface area contributed by atoms with Crippen LogP contribution in [0.5, 0.6) is 17.2 Å². The Bertz CT molecular complexity index is 662. The van der Waals surface area contributed by atoms with Crippen molar-refractivity contribution in [3.8, 4) is 17.2 Å². The molecule has 136 valence electrons. The quantitative estimate of drug-likeness (QED) is 0.751. The Kier molecular flexibility index (Phi) is 8.81. The summed E-state index contributed by atoms with van der Waals surface area (Å²) in [6.45, 7) is 2.97. The van der Waals surface area contributed by atoms with Crippen molar-refractivity contribution in [1.82, 2.24) is 5.32 Å². The predicted molar refractivity (Wildman–Crippen MR) is 101 cm³/mol. The van der Waals surface area contributed by atoms with Crippen LogP contribution >= 0.6 is 12.4 Å². The number of methoxy groups -OCH3 is 1. The number of benzene rings is 2. The smallest absolute Gasteiger partial charge is 0.220 e. The standard InChI is InChI=1S/C19H24N2O3.ClH/c1-14(12-20)11-19(22)21-13-15-7-9-16(10-8-15)24-18-6-4-3-5-17(18)23-2;/h3-10,14H,11-13,20H2,1-2H3,(H,21,22);1H. The maximum absolute atomic E-state index is 11.8. The number of carbonyl (C=O) groups excluding carboxylic acids is 1. The van der Waals surface area contributed by atoms with Gasteiger partial charge < -0.3 is 20.5 Å². The third-order valence-corrected chi connectivity index (χ3v) is 3.65. The third-order valence-electron chi connectivity index (χ3n) is 3.65. The zero-order chi connectivity index (χ0) is 17.4. The lowest BCUT2D eigenvalue weighted by Gasteiger charge is -2.11. The SMILES string of the molecule is COc1ccccc1Oc1ccc(CNC(=O)CC(C)CN)cc1.Cl. The molecule has 2 aromatic rings. The Morgan fingerprint density at radius 1 is 1.12 bits per heavy atom. The molecule has 6 heteroatoms. The van der Waals surface area contributed by atoms with Crippen molar-refractivity contribution in [3.63, 3.8) is 0 Å². The molecule has 0 aliphatic rings. The van der Waals surface area contributed by atoms with Gasteiger partial charge in [-0.05, 0) is 42.3 Å². The van der Waals surface area contributed by atoms with E-state index in [0.29, 0.717) is 36.8 Å². The summed E-state index contributed by atoms with van der Waals surface area (Å²) >= 11 is 0. The number of amides is 1. The first kappa shape index (κ1) is 20.8. The molecule has 2 rings (SSSR count). The molecule has 0 radical (unpaired) electrons. The number of hydrogen-bond donors (Lipinski definition) is 2. The van der Waals surface area contributed by atoms with Crippen molar-refractivity contribution < 1.29 is 14.3 Å². The minimum Gasteiger partial charge on any atom is -0.493 e. The van der Waals surface area contributed by atoms with Gasteiger partial charge in [0.1, 0.15) is 5.75 Å². The Morgan fingerprint density at radius 2 is 1.76 bits per heavy atom. The van der Waals surface area contributed by atoms with E-state index >= 15 is 0 Å². The molecule has 0 bridgehead atoms. The molecule has 0 heterocycles. The van der Waals surface area contributed by atoms with Gasteiger partial charge in [-0.2, -0.15) is 0 Å². The monoisotopic (exact) mass is 364 g/mol. The number of nitrogens with one attached hydrogen (secondary N) is 1. The summed E-state index contributed by atoms with van der Waals surface area (Å²) in [7, 11) is 1.61. The Morgan fingerprint density at radius 3 is 2.36 bits per heavy atom. The molecule has 3 N–H and O–H groups in total. The summed E-state index contributed by atoms with van der Waals surface area (Å²) in [5.41, 5.74) is 6.54. The summed E-state index contributed by atoms with van der Waals surface area (Å²) in [5, 5.41) is 2.90. The van der Waals surface area contributed by atoms with Crippen LogP contribution in [0.15, 0.2) is 48.5 Å². The maximum Gasteiger partial charge on any atom is 0.220 e. The third kappa shape index (κ3) is 6.64. The summed E-state index contributed by atoms with van der Waals surface area (Å²) in [6.07, 6.45) is 0.450. The van der Waals surface area contributed by atoms with Crippen LogP contribution in [0.4, 0.5) is 0 Å². The second kappa shape index (κ2) is 10.6. The van der Waals surface area contributed by atoms with Crippen LogP contribution in [0.2, 0.25) is 0 Å². The molecule has 5 nitrogen and oxygen atoms in total. The fraction of sp³-hybridized carbons (Fsp3) is 0.316. The largest absolute Gasteiger partial charge is 0.493 e. The van der Waals surface area contributed by atoms with Gasteiger partial charge in [-0.25, -0.2) is 0 Å². The average Bonchev–Trinajstić information content (AvgIpc) is 2.61. The normalized spacial score (nSPS) is 11.2. The molecule has 0 spiro atoms. The van der Waals surface area contributed by atoms with Crippen molar-refractivity contribution in [3.05, 3.63) is 54.1 Å². The molecule has 0 aliphatic carbocycles. The van der Waals surface area contributed by atoms with Gasteiger partial charge >= 0.3 is 0 Å². The molecular formula is C19H25ClN2O3. The molecule has 0 fully saturated rings. The summed E-state index contributed by atoms with van der Waals surface area (Å²) in [5.74, 6) is 2.27. The summed E-state index contributed by atoms with van der Waals surface area (Å²) in [6, 6.07) is 15.1. The van der Waals surface area contributed by atoms with E-state index in [4.69, 9.17) is 15.2 Å². The van der Waals surface area contributed by atoms with Crippen LogP contribution in [-0.2, 0) is 11.3 Å². The number of para-hydroxylation sites is 2. The van der Waals surface area contributed by atoms with Crippen LogP contribution in [0.25, 0.3) is 0 Å². The van der Waals surface area contributed by atoms with Crippen molar-refractivity contribution >= 4 is 18.3 Å². The van der Waals surface area contributed by atoms with E-state index in [2.05, 4.69) is 5.32 Å². The number of nitrogens with two attached hydrogens (primary N) is 1. The molecular weight excluding hydrogens is 340 g/mol. The first-order chi connectivity index (χ1) is 11.6. The Balaban J connectivity index is 0.00000312. The highest BCUT2D eigenvalue weighted by atomic mass is 35.5. The van der Waals surface area contributed by atoms with Crippen LogP contribution in [0.3, 0.4) is 0 Å². The first-order valence-electron chi connectivity index (χ1n) is 7.99. The fourth-order valence-electron chi connectivity index (χ4n) is 2.18. The van der Waals surface area contributed by atoms with Crippen molar-refractivity contribution in [1.29, 1.82) is 0 Å². The topological polar surface area (TPSA) is 73.6 Å². The van der Waals surface area contributed by atoms with E-state index in [-0.39, 0.29) is 24.2 Å². The number of ether oxygens (including phenoxy) is 2. The molecule has 25 heavy (non-hydrogen) atoms. The molecule has 1 amide bonds. The first-order valence-corrected chi connectivity index (χ1v) is 7.99. The highest BCUT2D eigenvalue weighted by molar-refractivity contribution is 5.85. The average molecular weight is 365 g/mol. The van der Waals surface area contributed by atoms with Gasteiger partial charge in [0.15, 0.2) is 11.5 Å². The van der Waals surface area contributed by atoms with Crippen molar-refractivity contribution in [2.45, 2.75) is 19.9 Å². The molecule has 0 saturated carbocycles. The molecule has 0 saturated heterocycles. The molecule has 0 aliphatic heterocycles. The Labute approximate surface area is 154 Å². The van der Waals surface area contributed by atoms with E-state index in [1.807, 2.05) is 55.5 Å². The lowest BCUT2D eigenvalue weighted by Crippen LogP contribution is -2.26. The van der Waals surface area contributed by atoms with Gasteiger partial charge in [-0.3, -0.25) is 4.79 Å². The number of halogens is 1. The highest BCUT2D eigenvalue weighted by Gasteiger charge is 2.07. The molecule has 0 aromatic heterocycles. The minimum absolute atomic E-state index is 0. The van der Waals surface area contributed by atoms with Crippen molar-refractivity contribution in [2.24, 2.45) is 11.7 Å². The van der Waals surface area contributed by atoms with Crippen molar-refractivity contribution in [2.75, 3.05) is 13.7 Å². The zero-order valence-corrected chi connectivity index (χ0v) is 15.3. The lowest BCUT2D eigenvalue weighted by molar-refractivity contribution is -0.122. The van der Waals surface area contributed by atoms with Gasteiger partial charge in [0.05, 0.1) is 7.11 Å². The second-order valence-electron chi connectivity index (χ2n) is 5.72.